The highest BCUT2D eigenvalue weighted by Gasteiger charge is 2.19. The number of halogens is 1. The third-order valence-electron chi connectivity index (χ3n) is 4.23. The molecule has 1 rings (SSSR count). The van der Waals surface area contributed by atoms with Crippen molar-refractivity contribution in [2.24, 2.45) is 11.7 Å². The van der Waals surface area contributed by atoms with E-state index in [-0.39, 0.29) is 30.1 Å². The molecule has 1 aromatic rings. The monoisotopic (exact) mass is 369 g/mol. The Morgan fingerprint density at radius 3 is 2.04 bits per heavy atom. The molecule has 3 N–H and O–H groups in total. The number of rotatable bonds is 9. The average molecular weight is 370 g/mol. The SMILES string of the molecule is CCCN(CCC)C(=O)c1ccc(NC(=O)C(N)C(C)CC)cc1.Cl. The quantitative estimate of drug-likeness (QED) is 0.697. The number of hydrogen-bond donors (Lipinski definition) is 2. The van der Waals surface area contributed by atoms with Crippen LogP contribution in [-0.4, -0.2) is 35.8 Å². The van der Waals surface area contributed by atoms with Crippen molar-refractivity contribution in [3.8, 4) is 0 Å². The highest BCUT2D eigenvalue weighted by molar-refractivity contribution is 5.97. The molecule has 1 aromatic carbocycles. The molecule has 25 heavy (non-hydrogen) atoms. The van der Waals surface area contributed by atoms with E-state index in [2.05, 4.69) is 19.2 Å². The molecule has 6 heteroatoms. The summed E-state index contributed by atoms with van der Waals surface area (Å²) in [6.07, 6.45) is 2.73. The lowest BCUT2D eigenvalue weighted by Crippen LogP contribution is -2.40. The first-order chi connectivity index (χ1) is 11.4. The minimum atomic E-state index is -0.527. The van der Waals surface area contributed by atoms with Gasteiger partial charge in [-0.3, -0.25) is 9.59 Å². The molecule has 0 aromatic heterocycles. The second kappa shape index (κ2) is 11.9. The lowest BCUT2D eigenvalue weighted by Gasteiger charge is -2.21. The van der Waals surface area contributed by atoms with Gasteiger partial charge in [0.15, 0.2) is 0 Å². The third-order valence-corrected chi connectivity index (χ3v) is 4.23. The molecule has 2 atom stereocenters. The van der Waals surface area contributed by atoms with E-state index in [0.717, 1.165) is 32.4 Å². The molecule has 0 saturated heterocycles. The first-order valence-electron chi connectivity index (χ1n) is 8.90. The molecule has 142 valence electrons. The van der Waals surface area contributed by atoms with Gasteiger partial charge in [0.1, 0.15) is 0 Å². The van der Waals surface area contributed by atoms with E-state index in [1.165, 1.54) is 0 Å². The molecule has 0 aliphatic rings. The minimum Gasteiger partial charge on any atom is -0.339 e. The molecule has 2 unspecified atom stereocenters. The largest absolute Gasteiger partial charge is 0.339 e. The van der Waals surface area contributed by atoms with E-state index in [4.69, 9.17) is 5.73 Å². The predicted molar refractivity (Wildman–Crippen MR) is 106 cm³/mol. The van der Waals surface area contributed by atoms with Crippen molar-refractivity contribution in [3.63, 3.8) is 0 Å². The number of hydrogen-bond acceptors (Lipinski definition) is 3. The van der Waals surface area contributed by atoms with Crippen LogP contribution in [0.1, 0.15) is 57.3 Å². The van der Waals surface area contributed by atoms with Gasteiger partial charge in [0.25, 0.3) is 5.91 Å². The van der Waals surface area contributed by atoms with E-state index >= 15 is 0 Å². The van der Waals surface area contributed by atoms with Crippen LogP contribution in [0.3, 0.4) is 0 Å². The van der Waals surface area contributed by atoms with Crippen LogP contribution in [-0.2, 0) is 4.79 Å². The maximum atomic E-state index is 12.5. The van der Waals surface area contributed by atoms with Crippen molar-refractivity contribution < 1.29 is 9.59 Å². The number of nitrogens with two attached hydrogens (primary N) is 1. The summed E-state index contributed by atoms with van der Waals surface area (Å²) in [6.45, 7) is 9.62. The van der Waals surface area contributed by atoms with Crippen LogP contribution in [0.5, 0.6) is 0 Å². The van der Waals surface area contributed by atoms with Crippen molar-refractivity contribution in [2.75, 3.05) is 18.4 Å². The Kier molecular flexibility index (Phi) is 11.1. The lowest BCUT2D eigenvalue weighted by atomic mass is 9.99. The number of carbonyl (C=O) groups excluding carboxylic acids is 2. The summed E-state index contributed by atoms with van der Waals surface area (Å²) in [7, 11) is 0. The van der Waals surface area contributed by atoms with Gasteiger partial charge < -0.3 is 16.0 Å². The van der Waals surface area contributed by atoms with Gasteiger partial charge in [0.2, 0.25) is 5.91 Å². The second-order valence-electron chi connectivity index (χ2n) is 6.27. The summed E-state index contributed by atoms with van der Waals surface area (Å²) in [5, 5.41) is 2.81. The van der Waals surface area contributed by atoms with Crippen molar-refractivity contribution in [1.82, 2.24) is 4.90 Å². The van der Waals surface area contributed by atoms with Gasteiger partial charge in [-0.15, -0.1) is 12.4 Å². The summed E-state index contributed by atoms with van der Waals surface area (Å²) < 4.78 is 0. The number of nitrogens with one attached hydrogen (secondary N) is 1. The number of benzene rings is 1. The number of amides is 2. The average Bonchev–Trinajstić information content (AvgIpc) is 2.60. The van der Waals surface area contributed by atoms with E-state index in [9.17, 15) is 9.59 Å². The van der Waals surface area contributed by atoms with Crippen molar-refractivity contribution in [2.45, 2.75) is 53.0 Å². The Morgan fingerprint density at radius 1 is 1.08 bits per heavy atom. The molecule has 0 fully saturated rings. The number of nitrogens with zero attached hydrogens (tertiary/aromatic N) is 1. The fraction of sp³-hybridized carbons (Fsp3) is 0.579. The fourth-order valence-electron chi connectivity index (χ4n) is 2.47. The summed E-state index contributed by atoms with van der Waals surface area (Å²) >= 11 is 0. The van der Waals surface area contributed by atoms with Gasteiger partial charge >= 0.3 is 0 Å². The summed E-state index contributed by atoms with van der Waals surface area (Å²) in [5.74, 6) is -0.0302. The lowest BCUT2D eigenvalue weighted by molar-refractivity contribution is -0.118. The van der Waals surface area contributed by atoms with Gasteiger partial charge in [-0.25, -0.2) is 0 Å². The Bertz CT molecular complexity index is 528. The molecule has 0 bridgehead atoms. The Labute approximate surface area is 157 Å². The third kappa shape index (κ3) is 7.04. The normalized spacial score (nSPS) is 12.7. The Hall–Kier alpha value is -1.59. The highest BCUT2D eigenvalue weighted by atomic mass is 35.5. The van der Waals surface area contributed by atoms with Crippen LogP contribution in [0.25, 0.3) is 0 Å². The molecule has 0 heterocycles. The zero-order chi connectivity index (χ0) is 18.1. The van der Waals surface area contributed by atoms with Crippen molar-refractivity contribution in [3.05, 3.63) is 29.8 Å². The molecular weight excluding hydrogens is 338 g/mol. The molecular formula is C19H32ClN3O2. The number of carbonyl (C=O) groups is 2. The van der Waals surface area contributed by atoms with Crippen LogP contribution in [0.2, 0.25) is 0 Å². The fourth-order valence-corrected chi connectivity index (χ4v) is 2.47. The van der Waals surface area contributed by atoms with Gasteiger partial charge in [0, 0.05) is 24.3 Å². The molecule has 0 aliphatic heterocycles. The van der Waals surface area contributed by atoms with Gasteiger partial charge in [0.05, 0.1) is 6.04 Å². The Morgan fingerprint density at radius 2 is 1.60 bits per heavy atom. The number of anilines is 1. The summed E-state index contributed by atoms with van der Waals surface area (Å²) in [5.41, 5.74) is 7.23. The van der Waals surface area contributed by atoms with Gasteiger partial charge in [-0.1, -0.05) is 34.1 Å². The maximum Gasteiger partial charge on any atom is 0.253 e. The smallest absolute Gasteiger partial charge is 0.253 e. The van der Waals surface area contributed by atoms with E-state index < -0.39 is 6.04 Å². The zero-order valence-electron chi connectivity index (χ0n) is 15.7. The first-order valence-corrected chi connectivity index (χ1v) is 8.90. The molecule has 0 saturated carbocycles. The summed E-state index contributed by atoms with van der Waals surface area (Å²) in [6, 6.07) is 6.49. The van der Waals surface area contributed by atoms with Gasteiger partial charge in [-0.05, 0) is 43.0 Å². The van der Waals surface area contributed by atoms with E-state index in [0.29, 0.717) is 11.3 Å². The van der Waals surface area contributed by atoms with Crippen molar-refractivity contribution in [1.29, 1.82) is 0 Å². The second-order valence-corrected chi connectivity index (χ2v) is 6.27. The first kappa shape index (κ1) is 23.4. The molecule has 5 nitrogen and oxygen atoms in total. The molecule has 0 radical (unpaired) electrons. The van der Waals surface area contributed by atoms with Gasteiger partial charge in [-0.2, -0.15) is 0 Å². The summed E-state index contributed by atoms with van der Waals surface area (Å²) in [4.78, 5) is 26.5. The predicted octanol–water partition coefficient (Wildman–Crippen LogP) is 3.68. The van der Waals surface area contributed by atoms with Crippen LogP contribution in [0, 0.1) is 5.92 Å². The van der Waals surface area contributed by atoms with Crippen LogP contribution < -0.4 is 11.1 Å². The van der Waals surface area contributed by atoms with E-state index in [1.54, 1.807) is 24.3 Å². The van der Waals surface area contributed by atoms with Crippen molar-refractivity contribution >= 4 is 29.9 Å². The van der Waals surface area contributed by atoms with Crippen LogP contribution in [0.4, 0.5) is 5.69 Å². The topological polar surface area (TPSA) is 75.4 Å². The molecule has 0 spiro atoms. The van der Waals surface area contributed by atoms with Crippen LogP contribution in [0.15, 0.2) is 24.3 Å². The highest BCUT2D eigenvalue weighted by Crippen LogP contribution is 2.14. The Balaban J connectivity index is 0.00000576. The maximum absolute atomic E-state index is 12.5. The standard InChI is InChI=1S/C19H31N3O2.ClH/c1-5-12-22(13-6-2)19(24)15-8-10-16(11-9-15)21-18(23)17(20)14(4)7-3;/h8-11,14,17H,5-7,12-13,20H2,1-4H3,(H,21,23);1H. The molecule has 2 amide bonds. The van der Waals surface area contributed by atoms with E-state index in [1.807, 2.05) is 18.7 Å². The molecule has 0 aliphatic carbocycles. The zero-order valence-corrected chi connectivity index (χ0v) is 16.6. The minimum absolute atomic E-state index is 0. The van der Waals surface area contributed by atoms with Crippen LogP contribution >= 0.6 is 12.4 Å².